The van der Waals surface area contributed by atoms with Gasteiger partial charge < -0.3 is 24.3 Å². The number of anilines is 2. The summed E-state index contributed by atoms with van der Waals surface area (Å²) in [6.45, 7) is 2.50. The standard InChI is InChI=1S/C31H32Cl2N4O5S/c1-18(42-28-9-6-12-37(28)31-34-16-20(43-31)10-11-29(39)41-3)27(38)14-19-13-24(33)25(15-23(19)32)35-30(40)22-17-36(2)26-8-5-4-7-21(22)26/h4-5,7-8,13,15-18,28H,6,9-12,14H2,1-3H3,(H,35,40)/t18?,28-/m0/s1. The molecular formula is C31H32Cl2N4O5S. The summed E-state index contributed by atoms with van der Waals surface area (Å²) in [5, 5.41) is 5.09. The highest BCUT2D eigenvalue weighted by Crippen LogP contribution is 2.33. The Labute approximate surface area is 263 Å². The third kappa shape index (κ3) is 7.04. The Kier molecular flexibility index (Phi) is 9.71. The first kappa shape index (κ1) is 31.0. The van der Waals surface area contributed by atoms with Crippen LogP contribution in [0.5, 0.6) is 0 Å². The number of carbonyl (C=O) groups excluding carboxylic acids is 3. The SMILES string of the molecule is COC(=O)CCc1cnc(N2CCC[C@@H]2OC(C)C(=O)Cc2cc(Cl)c(NC(=O)c3cn(C)c4ccccc34)cc2Cl)s1. The van der Waals surface area contributed by atoms with E-state index < -0.39 is 6.10 Å². The van der Waals surface area contributed by atoms with Crippen LogP contribution in [0.2, 0.25) is 10.0 Å². The zero-order valence-corrected chi connectivity index (χ0v) is 26.4. The molecule has 0 radical (unpaired) electrons. The van der Waals surface area contributed by atoms with Crippen LogP contribution in [0, 0.1) is 0 Å². The van der Waals surface area contributed by atoms with E-state index in [1.165, 1.54) is 18.4 Å². The maximum Gasteiger partial charge on any atom is 0.305 e. The molecule has 1 aliphatic rings. The topological polar surface area (TPSA) is 103 Å². The summed E-state index contributed by atoms with van der Waals surface area (Å²) in [6, 6.07) is 10.8. The number of ketones is 1. The van der Waals surface area contributed by atoms with Gasteiger partial charge >= 0.3 is 5.97 Å². The van der Waals surface area contributed by atoms with Crippen LogP contribution in [0.25, 0.3) is 10.9 Å². The van der Waals surface area contributed by atoms with Gasteiger partial charge in [0.2, 0.25) is 0 Å². The molecule has 12 heteroatoms. The molecule has 226 valence electrons. The molecule has 1 amide bonds. The van der Waals surface area contributed by atoms with Gasteiger partial charge in [-0.15, -0.1) is 11.3 Å². The van der Waals surface area contributed by atoms with Crippen LogP contribution in [0.15, 0.2) is 48.8 Å². The van der Waals surface area contributed by atoms with Crippen molar-refractivity contribution < 1.29 is 23.9 Å². The maximum absolute atomic E-state index is 13.2. The minimum Gasteiger partial charge on any atom is -0.469 e. The highest BCUT2D eigenvalue weighted by Gasteiger charge is 2.31. The lowest BCUT2D eigenvalue weighted by molar-refractivity contribution is -0.140. The van der Waals surface area contributed by atoms with Gasteiger partial charge in [-0.1, -0.05) is 41.4 Å². The molecule has 2 aromatic carbocycles. The zero-order valence-electron chi connectivity index (χ0n) is 24.1. The largest absolute Gasteiger partial charge is 0.469 e. The molecule has 0 bridgehead atoms. The zero-order chi connectivity index (χ0) is 30.7. The van der Waals surface area contributed by atoms with Gasteiger partial charge in [-0.05, 0) is 49.9 Å². The normalized spacial score (nSPS) is 15.6. The Bertz CT molecular complexity index is 1670. The van der Waals surface area contributed by atoms with Gasteiger partial charge in [0.1, 0.15) is 12.3 Å². The summed E-state index contributed by atoms with van der Waals surface area (Å²) >= 11 is 14.6. The summed E-state index contributed by atoms with van der Waals surface area (Å²) in [5.41, 5.74) is 2.37. The second-order valence-corrected chi connectivity index (χ2v) is 12.4. The number of hydrogen-bond acceptors (Lipinski definition) is 8. The second-order valence-electron chi connectivity index (χ2n) is 10.4. The van der Waals surface area contributed by atoms with Crippen LogP contribution in [-0.2, 0) is 39.0 Å². The number of aryl methyl sites for hydroxylation is 2. The summed E-state index contributed by atoms with van der Waals surface area (Å²) in [7, 11) is 3.26. The number of methoxy groups -OCH3 is 1. The molecule has 1 N–H and O–H groups in total. The first-order valence-electron chi connectivity index (χ1n) is 13.9. The Hall–Kier alpha value is -3.44. The molecule has 1 saturated heterocycles. The Balaban J connectivity index is 1.20. The summed E-state index contributed by atoms with van der Waals surface area (Å²) in [4.78, 5) is 45.3. The predicted molar refractivity (Wildman–Crippen MR) is 169 cm³/mol. The molecule has 43 heavy (non-hydrogen) atoms. The van der Waals surface area contributed by atoms with Gasteiger partial charge in [0, 0.05) is 53.2 Å². The summed E-state index contributed by atoms with van der Waals surface area (Å²) in [6.07, 6.45) is 5.14. The summed E-state index contributed by atoms with van der Waals surface area (Å²) in [5.74, 6) is -0.709. The fourth-order valence-electron chi connectivity index (χ4n) is 5.14. The van der Waals surface area contributed by atoms with E-state index in [4.69, 9.17) is 32.7 Å². The van der Waals surface area contributed by atoms with Crippen molar-refractivity contribution in [2.45, 2.75) is 51.4 Å². The number of hydrogen-bond donors (Lipinski definition) is 1. The molecule has 1 aliphatic heterocycles. The number of aromatic nitrogens is 2. The van der Waals surface area contributed by atoms with Crippen LogP contribution >= 0.6 is 34.5 Å². The number of para-hydroxylation sites is 1. The number of esters is 1. The highest BCUT2D eigenvalue weighted by molar-refractivity contribution is 7.15. The van der Waals surface area contributed by atoms with Gasteiger partial charge in [0.15, 0.2) is 10.9 Å². The molecule has 3 heterocycles. The summed E-state index contributed by atoms with van der Waals surface area (Å²) < 4.78 is 12.8. The Morgan fingerprint density at radius 1 is 1.19 bits per heavy atom. The molecule has 2 atom stereocenters. The van der Waals surface area contributed by atoms with Gasteiger partial charge in [0.05, 0.1) is 29.8 Å². The van der Waals surface area contributed by atoms with E-state index in [0.717, 1.165) is 40.3 Å². The van der Waals surface area contributed by atoms with Crippen molar-refractivity contribution in [3.63, 3.8) is 0 Å². The van der Waals surface area contributed by atoms with Crippen molar-refractivity contribution in [2.75, 3.05) is 23.9 Å². The number of nitrogens with one attached hydrogen (secondary N) is 1. The van der Waals surface area contributed by atoms with Gasteiger partial charge in [-0.2, -0.15) is 0 Å². The average Bonchev–Trinajstić information content (AvgIpc) is 3.73. The first-order valence-corrected chi connectivity index (χ1v) is 15.5. The lowest BCUT2D eigenvalue weighted by Crippen LogP contribution is -2.37. The van der Waals surface area contributed by atoms with Crippen LogP contribution in [-0.4, -0.2) is 53.2 Å². The fraction of sp³-hybridized carbons (Fsp3) is 0.355. The van der Waals surface area contributed by atoms with Crippen molar-refractivity contribution in [3.05, 3.63) is 74.8 Å². The molecule has 9 nitrogen and oxygen atoms in total. The van der Waals surface area contributed by atoms with Crippen LogP contribution in [0.4, 0.5) is 10.8 Å². The van der Waals surface area contributed by atoms with E-state index in [9.17, 15) is 14.4 Å². The lowest BCUT2D eigenvalue weighted by atomic mass is 10.1. The smallest absolute Gasteiger partial charge is 0.305 e. The van der Waals surface area contributed by atoms with Crippen molar-refractivity contribution in [1.82, 2.24) is 9.55 Å². The number of ether oxygens (including phenoxy) is 2. The number of halogens is 2. The van der Waals surface area contributed by atoms with Crippen LogP contribution < -0.4 is 10.2 Å². The molecular weight excluding hydrogens is 611 g/mol. The molecule has 2 aromatic heterocycles. The average molecular weight is 644 g/mol. The van der Waals surface area contributed by atoms with E-state index >= 15 is 0 Å². The van der Waals surface area contributed by atoms with Crippen LogP contribution in [0.3, 0.4) is 0 Å². The third-order valence-corrected chi connectivity index (χ3v) is 9.25. The number of fused-ring (bicyclic) bond motifs is 1. The van der Waals surface area contributed by atoms with Gasteiger partial charge in [0.25, 0.3) is 5.91 Å². The van der Waals surface area contributed by atoms with E-state index in [1.807, 2.05) is 35.9 Å². The van der Waals surface area contributed by atoms with Crippen molar-refractivity contribution in [1.29, 1.82) is 0 Å². The van der Waals surface area contributed by atoms with Crippen molar-refractivity contribution >= 4 is 73.9 Å². The number of nitrogens with zero attached hydrogens (tertiary/aromatic N) is 3. The van der Waals surface area contributed by atoms with E-state index in [2.05, 4.69) is 15.2 Å². The number of thiazole rings is 1. The van der Waals surface area contributed by atoms with Crippen molar-refractivity contribution in [2.24, 2.45) is 7.05 Å². The van der Waals surface area contributed by atoms with E-state index in [-0.39, 0.29) is 35.3 Å². The van der Waals surface area contributed by atoms with Crippen molar-refractivity contribution in [3.8, 4) is 0 Å². The second kappa shape index (κ2) is 13.5. The lowest BCUT2D eigenvalue weighted by Gasteiger charge is -2.26. The Morgan fingerprint density at radius 2 is 1.98 bits per heavy atom. The van der Waals surface area contributed by atoms with E-state index in [0.29, 0.717) is 34.7 Å². The molecule has 0 aliphatic carbocycles. The van der Waals surface area contributed by atoms with Gasteiger partial charge in [-0.25, -0.2) is 4.98 Å². The van der Waals surface area contributed by atoms with E-state index in [1.54, 1.807) is 31.5 Å². The number of Topliss-reactive ketones (excluding diaryl/α,β-unsaturated/α-hetero) is 1. The molecule has 5 rings (SSSR count). The molecule has 0 spiro atoms. The third-order valence-electron chi connectivity index (χ3n) is 7.49. The molecule has 0 saturated carbocycles. The Morgan fingerprint density at radius 3 is 2.77 bits per heavy atom. The number of carbonyl (C=O) groups is 3. The molecule has 1 unspecified atom stereocenters. The number of rotatable bonds is 11. The predicted octanol–water partition coefficient (Wildman–Crippen LogP) is 6.44. The highest BCUT2D eigenvalue weighted by atomic mass is 35.5. The number of amides is 1. The number of benzene rings is 2. The van der Waals surface area contributed by atoms with Gasteiger partial charge in [-0.3, -0.25) is 14.4 Å². The quantitative estimate of drug-likeness (QED) is 0.188. The minimum absolute atomic E-state index is 0.0267. The maximum atomic E-state index is 13.2. The van der Waals surface area contributed by atoms with Crippen LogP contribution in [0.1, 0.15) is 47.0 Å². The first-order chi connectivity index (χ1) is 20.6. The molecule has 1 fully saturated rings. The minimum atomic E-state index is -0.690. The monoisotopic (exact) mass is 642 g/mol. The molecule has 4 aromatic rings. The fourth-order valence-corrected chi connectivity index (χ4v) is 6.58.